The second-order valence-corrected chi connectivity index (χ2v) is 7.38. The van der Waals surface area contributed by atoms with E-state index in [0.717, 1.165) is 19.7 Å². The van der Waals surface area contributed by atoms with Gasteiger partial charge in [0.2, 0.25) is 0 Å². The Bertz CT molecular complexity index is 281. The summed E-state index contributed by atoms with van der Waals surface area (Å²) in [5.41, 5.74) is 0.327. The lowest BCUT2D eigenvalue weighted by Gasteiger charge is -2.48. The van der Waals surface area contributed by atoms with Crippen molar-refractivity contribution in [3.63, 3.8) is 0 Å². The quantitative estimate of drug-likeness (QED) is 0.851. The zero-order valence-corrected chi connectivity index (χ0v) is 13.4. The summed E-state index contributed by atoms with van der Waals surface area (Å²) < 4.78 is 5.92. The fourth-order valence-corrected chi connectivity index (χ4v) is 3.47. The van der Waals surface area contributed by atoms with Crippen molar-refractivity contribution in [2.75, 3.05) is 19.7 Å². The minimum absolute atomic E-state index is 0.327. The zero-order valence-electron chi connectivity index (χ0n) is 13.4. The molecule has 2 saturated heterocycles. The highest BCUT2D eigenvalue weighted by atomic mass is 16.5. The number of piperazine rings is 1. The fraction of sp³-hybridized carbons (Fsp3) is 1.00. The fourth-order valence-electron chi connectivity index (χ4n) is 3.47. The zero-order chi connectivity index (χ0) is 14.0. The summed E-state index contributed by atoms with van der Waals surface area (Å²) in [5.74, 6) is 0. The minimum atomic E-state index is 0.327. The first-order chi connectivity index (χ1) is 8.93. The molecule has 0 bridgehead atoms. The Labute approximate surface area is 119 Å². The van der Waals surface area contributed by atoms with Gasteiger partial charge in [0.15, 0.2) is 0 Å². The number of hydrogen-bond acceptors (Lipinski definition) is 3. The van der Waals surface area contributed by atoms with Gasteiger partial charge in [0.1, 0.15) is 0 Å². The lowest BCUT2D eigenvalue weighted by Crippen LogP contribution is -2.63. The third-order valence-corrected chi connectivity index (χ3v) is 5.01. The van der Waals surface area contributed by atoms with E-state index in [1.54, 1.807) is 0 Å². The number of hydrogen-bond donors (Lipinski definition) is 1. The van der Waals surface area contributed by atoms with Crippen LogP contribution in [0.4, 0.5) is 0 Å². The molecule has 0 spiro atoms. The van der Waals surface area contributed by atoms with E-state index in [9.17, 15) is 0 Å². The lowest BCUT2D eigenvalue weighted by molar-refractivity contribution is -0.0164. The molecule has 1 N–H and O–H groups in total. The van der Waals surface area contributed by atoms with Gasteiger partial charge in [-0.25, -0.2) is 0 Å². The summed E-state index contributed by atoms with van der Waals surface area (Å²) >= 11 is 0. The van der Waals surface area contributed by atoms with Crippen LogP contribution in [0.5, 0.6) is 0 Å². The maximum atomic E-state index is 5.92. The van der Waals surface area contributed by atoms with Gasteiger partial charge in [-0.05, 0) is 31.6 Å². The van der Waals surface area contributed by atoms with Crippen molar-refractivity contribution in [2.45, 2.75) is 78.1 Å². The van der Waals surface area contributed by atoms with Gasteiger partial charge in [0.05, 0.1) is 6.10 Å². The van der Waals surface area contributed by atoms with E-state index < -0.39 is 0 Å². The molecule has 2 rings (SSSR count). The van der Waals surface area contributed by atoms with Crippen LogP contribution in [-0.2, 0) is 4.74 Å². The summed E-state index contributed by atoms with van der Waals surface area (Å²) in [6, 6.07) is 1.80. The molecule has 112 valence electrons. The molecule has 0 saturated carbocycles. The summed E-state index contributed by atoms with van der Waals surface area (Å²) in [5, 5.41) is 3.75. The van der Waals surface area contributed by atoms with E-state index in [-0.39, 0.29) is 0 Å². The van der Waals surface area contributed by atoms with Gasteiger partial charge >= 0.3 is 0 Å². The maximum Gasteiger partial charge on any atom is 0.0728 e. The van der Waals surface area contributed by atoms with Gasteiger partial charge in [-0.1, -0.05) is 27.7 Å². The monoisotopic (exact) mass is 268 g/mol. The molecule has 0 radical (unpaired) electrons. The molecule has 2 aliphatic rings. The van der Waals surface area contributed by atoms with Crippen LogP contribution >= 0.6 is 0 Å². The first-order valence-corrected chi connectivity index (χ1v) is 8.04. The highest BCUT2D eigenvalue weighted by Gasteiger charge is 2.38. The van der Waals surface area contributed by atoms with Crippen LogP contribution in [0.25, 0.3) is 0 Å². The third kappa shape index (κ3) is 3.50. The molecule has 4 atom stereocenters. The van der Waals surface area contributed by atoms with Crippen LogP contribution in [0.15, 0.2) is 0 Å². The van der Waals surface area contributed by atoms with E-state index in [1.165, 1.54) is 19.3 Å². The molecule has 0 aliphatic carbocycles. The normalized spacial score (nSPS) is 35.5. The summed E-state index contributed by atoms with van der Waals surface area (Å²) in [6.45, 7) is 14.9. The topological polar surface area (TPSA) is 24.5 Å². The molecule has 2 heterocycles. The van der Waals surface area contributed by atoms with E-state index in [4.69, 9.17) is 4.74 Å². The molecule has 0 aromatic heterocycles. The predicted molar refractivity (Wildman–Crippen MR) is 80.5 cm³/mol. The second-order valence-electron chi connectivity index (χ2n) is 7.38. The van der Waals surface area contributed by atoms with Crippen molar-refractivity contribution in [2.24, 2.45) is 5.41 Å². The Morgan fingerprint density at radius 1 is 1.37 bits per heavy atom. The van der Waals surface area contributed by atoms with Crippen LogP contribution in [0.2, 0.25) is 0 Å². The number of ether oxygens (including phenoxy) is 1. The molecular weight excluding hydrogens is 236 g/mol. The Balaban J connectivity index is 2.04. The Morgan fingerprint density at radius 3 is 2.63 bits per heavy atom. The average Bonchev–Trinajstić information content (AvgIpc) is 2.90. The van der Waals surface area contributed by atoms with Crippen molar-refractivity contribution in [3.05, 3.63) is 0 Å². The van der Waals surface area contributed by atoms with E-state index >= 15 is 0 Å². The minimum Gasteiger partial charge on any atom is -0.377 e. The first-order valence-electron chi connectivity index (χ1n) is 8.04. The number of nitrogens with zero attached hydrogens (tertiary/aromatic N) is 1. The summed E-state index contributed by atoms with van der Waals surface area (Å²) in [4.78, 5) is 2.71. The van der Waals surface area contributed by atoms with Crippen molar-refractivity contribution >= 4 is 0 Å². The average molecular weight is 268 g/mol. The summed E-state index contributed by atoms with van der Waals surface area (Å²) in [6.07, 6.45) is 4.15. The molecular formula is C16H32N2O. The Hall–Kier alpha value is -0.120. The largest absolute Gasteiger partial charge is 0.377 e. The Morgan fingerprint density at radius 2 is 2.11 bits per heavy atom. The molecule has 2 aliphatic heterocycles. The van der Waals surface area contributed by atoms with Crippen molar-refractivity contribution < 1.29 is 4.74 Å². The van der Waals surface area contributed by atoms with E-state index in [2.05, 4.69) is 44.8 Å². The first kappa shape index (κ1) is 15.3. The molecule has 0 aromatic rings. The maximum absolute atomic E-state index is 5.92. The van der Waals surface area contributed by atoms with Crippen molar-refractivity contribution in [1.29, 1.82) is 0 Å². The van der Waals surface area contributed by atoms with Gasteiger partial charge in [-0.3, -0.25) is 4.90 Å². The van der Waals surface area contributed by atoms with Crippen LogP contribution in [-0.4, -0.2) is 48.8 Å². The molecule has 3 heteroatoms. The highest BCUT2D eigenvalue weighted by molar-refractivity contribution is 4.95. The smallest absolute Gasteiger partial charge is 0.0728 e. The highest BCUT2D eigenvalue weighted by Crippen LogP contribution is 2.28. The molecule has 2 fully saturated rings. The van der Waals surface area contributed by atoms with E-state index in [0.29, 0.717) is 29.6 Å². The van der Waals surface area contributed by atoms with Crippen LogP contribution in [0.3, 0.4) is 0 Å². The lowest BCUT2D eigenvalue weighted by atomic mass is 9.84. The number of nitrogens with one attached hydrogen (secondary N) is 1. The Kier molecular flexibility index (Phi) is 4.91. The van der Waals surface area contributed by atoms with Gasteiger partial charge in [-0.2, -0.15) is 0 Å². The molecule has 0 aromatic carbocycles. The molecule has 0 amide bonds. The van der Waals surface area contributed by atoms with Crippen LogP contribution in [0, 0.1) is 5.41 Å². The van der Waals surface area contributed by atoms with Gasteiger partial charge in [0, 0.05) is 37.8 Å². The standard InChI is InChI=1S/C16H32N2O/c1-6-13-10-17-15(16(3,4)5)11-18(13)12(2)14-8-7-9-19-14/h12-15,17H,6-11H2,1-5H3. The number of rotatable bonds is 3. The van der Waals surface area contributed by atoms with Crippen molar-refractivity contribution in [3.8, 4) is 0 Å². The SMILES string of the molecule is CCC1CNC(C(C)(C)C)CN1C(C)C1CCCO1. The molecule has 3 nitrogen and oxygen atoms in total. The molecule has 19 heavy (non-hydrogen) atoms. The van der Waals surface area contributed by atoms with Crippen molar-refractivity contribution in [1.82, 2.24) is 10.2 Å². The van der Waals surface area contributed by atoms with Gasteiger partial charge < -0.3 is 10.1 Å². The van der Waals surface area contributed by atoms with Crippen LogP contribution < -0.4 is 5.32 Å². The van der Waals surface area contributed by atoms with Gasteiger partial charge in [0.25, 0.3) is 0 Å². The van der Waals surface area contributed by atoms with Crippen LogP contribution in [0.1, 0.15) is 53.9 Å². The second kappa shape index (κ2) is 6.11. The summed E-state index contributed by atoms with van der Waals surface area (Å²) in [7, 11) is 0. The van der Waals surface area contributed by atoms with Gasteiger partial charge in [-0.15, -0.1) is 0 Å². The third-order valence-electron chi connectivity index (χ3n) is 5.01. The molecule has 4 unspecified atom stereocenters. The van der Waals surface area contributed by atoms with E-state index in [1.807, 2.05) is 0 Å². The predicted octanol–water partition coefficient (Wildman–Crippen LogP) is 2.65.